The molecule has 0 aliphatic carbocycles. The maximum atomic E-state index is 12.4. The summed E-state index contributed by atoms with van der Waals surface area (Å²) in [5.74, 6) is -2.04. The summed E-state index contributed by atoms with van der Waals surface area (Å²) in [4.78, 5) is 51.7. The van der Waals surface area contributed by atoms with E-state index >= 15 is 0 Å². The lowest BCUT2D eigenvalue weighted by Crippen LogP contribution is -2.28. The summed E-state index contributed by atoms with van der Waals surface area (Å²) in [6.45, 7) is 4.51. The lowest BCUT2D eigenvalue weighted by molar-refractivity contribution is -0.148. The summed E-state index contributed by atoms with van der Waals surface area (Å²) in [6.07, 6.45) is 0.216. The van der Waals surface area contributed by atoms with Crippen LogP contribution in [0.3, 0.4) is 0 Å². The van der Waals surface area contributed by atoms with E-state index in [1.54, 1.807) is 38.1 Å². The largest absolute Gasteiger partial charge is 0.466 e. The van der Waals surface area contributed by atoms with Gasteiger partial charge in [-0.2, -0.15) is 0 Å². The van der Waals surface area contributed by atoms with E-state index in [2.05, 4.69) is 0 Å². The van der Waals surface area contributed by atoms with Crippen LogP contribution >= 0.6 is 0 Å². The van der Waals surface area contributed by atoms with Crippen LogP contribution in [0.5, 0.6) is 0 Å². The highest BCUT2D eigenvalue weighted by Crippen LogP contribution is 2.32. The average molecular weight is 388 g/mol. The van der Waals surface area contributed by atoms with Crippen LogP contribution in [0.25, 0.3) is 0 Å². The molecule has 2 aliphatic rings. The zero-order valence-corrected chi connectivity index (χ0v) is 16.1. The van der Waals surface area contributed by atoms with Gasteiger partial charge in [-0.1, -0.05) is 6.07 Å². The van der Waals surface area contributed by atoms with E-state index in [0.29, 0.717) is 11.4 Å². The van der Waals surface area contributed by atoms with Gasteiger partial charge >= 0.3 is 11.9 Å². The van der Waals surface area contributed by atoms with Gasteiger partial charge in [0.05, 0.1) is 25.0 Å². The lowest BCUT2D eigenvalue weighted by atomic mass is 10.1. The third-order valence-corrected chi connectivity index (χ3v) is 4.94. The molecular formula is C20H24N2O6. The predicted octanol–water partition coefficient (Wildman–Crippen LogP) is 1.52. The Kier molecular flexibility index (Phi) is 5.96. The Hall–Kier alpha value is -2.90. The number of esters is 2. The van der Waals surface area contributed by atoms with Gasteiger partial charge < -0.3 is 19.3 Å². The highest BCUT2D eigenvalue weighted by atomic mass is 16.5. The SMILES string of the molecule is CCOC(=O)[C@H]1CC(=O)N(c2cccc(N3C[C@@H](C(=O)OCC)CC3=O)c2)C1. The first-order chi connectivity index (χ1) is 13.4. The van der Waals surface area contributed by atoms with Crippen molar-refractivity contribution < 1.29 is 28.7 Å². The van der Waals surface area contributed by atoms with Crippen LogP contribution in [-0.4, -0.2) is 50.1 Å². The standard InChI is InChI=1S/C20H24N2O6/c1-3-27-19(25)13-8-17(23)21(11-13)15-6-5-7-16(10-15)22-12-14(9-18(22)24)20(26)28-4-2/h5-7,10,13-14H,3-4,8-9,11-12H2,1-2H3/t13-,14-/m0/s1. The quantitative estimate of drug-likeness (QED) is 0.686. The van der Waals surface area contributed by atoms with E-state index in [9.17, 15) is 19.2 Å². The highest BCUT2D eigenvalue weighted by molar-refractivity contribution is 6.02. The van der Waals surface area contributed by atoms with Gasteiger partial charge in [-0.3, -0.25) is 19.2 Å². The van der Waals surface area contributed by atoms with Crippen molar-refractivity contribution in [2.75, 3.05) is 36.1 Å². The zero-order valence-electron chi connectivity index (χ0n) is 16.1. The van der Waals surface area contributed by atoms with Crippen LogP contribution in [0.1, 0.15) is 26.7 Å². The molecule has 1 aromatic rings. The van der Waals surface area contributed by atoms with Gasteiger partial charge in [0.25, 0.3) is 0 Å². The molecule has 0 N–H and O–H groups in total. The zero-order chi connectivity index (χ0) is 20.3. The smallest absolute Gasteiger partial charge is 0.311 e. The van der Waals surface area contributed by atoms with Crippen LogP contribution < -0.4 is 9.80 Å². The fourth-order valence-electron chi connectivity index (χ4n) is 3.58. The minimum absolute atomic E-state index is 0.108. The van der Waals surface area contributed by atoms with Crippen molar-refractivity contribution in [1.82, 2.24) is 0 Å². The second-order valence-electron chi connectivity index (χ2n) is 6.83. The monoisotopic (exact) mass is 388 g/mol. The molecule has 8 nitrogen and oxygen atoms in total. The predicted molar refractivity (Wildman–Crippen MR) is 101 cm³/mol. The first kappa shape index (κ1) is 19.9. The fourth-order valence-corrected chi connectivity index (χ4v) is 3.58. The number of nitrogens with zero attached hydrogens (tertiary/aromatic N) is 2. The molecule has 2 amide bonds. The average Bonchev–Trinajstić information content (AvgIpc) is 3.25. The van der Waals surface area contributed by atoms with E-state index in [0.717, 1.165) is 0 Å². The molecule has 2 fully saturated rings. The molecule has 0 spiro atoms. The van der Waals surface area contributed by atoms with E-state index in [1.807, 2.05) is 0 Å². The van der Waals surface area contributed by atoms with Crippen molar-refractivity contribution in [1.29, 1.82) is 0 Å². The highest BCUT2D eigenvalue weighted by Gasteiger charge is 2.38. The summed E-state index contributed by atoms with van der Waals surface area (Å²) >= 11 is 0. The van der Waals surface area contributed by atoms with E-state index in [4.69, 9.17) is 9.47 Å². The fraction of sp³-hybridized carbons (Fsp3) is 0.500. The molecule has 2 atom stereocenters. The van der Waals surface area contributed by atoms with Crippen LogP contribution in [0.2, 0.25) is 0 Å². The van der Waals surface area contributed by atoms with Crippen molar-refractivity contribution in [3.63, 3.8) is 0 Å². The Morgan fingerprint density at radius 3 is 1.71 bits per heavy atom. The van der Waals surface area contributed by atoms with Crippen molar-refractivity contribution >= 4 is 35.1 Å². The van der Waals surface area contributed by atoms with Crippen molar-refractivity contribution in [3.05, 3.63) is 24.3 Å². The van der Waals surface area contributed by atoms with Crippen LogP contribution in [0, 0.1) is 11.8 Å². The second kappa shape index (κ2) is 8.41. The Labute approximate surface area is 163 Å². The maximum Gasteiger partial charge on any atom is 0.311 e. The molecule has 0 saturated carbocycles. The first-order valence-electron chi connectivity index (χ1n) is 9.48. The van der Waals surface area contributed by atoms with Gasteiger partial charge in [0.15, 0.2) is 0 Å². The van der Waals surface area contributed by atoms with Crippen molar-refractivity contribution in [2.24, 2.45) is 11.8 Å². The van der Waals surface area contributed by atoms with Gasteiger partial charge in [0, 0.05) is 37.3 Å². The maximum absolute atomic E-state index is 12.4. The number of hydrogen-bond donors (Lipinski definition) is 0. The van der Waals surface area contributed by atoms with Gasteiger partial charge in [-0.05, 0) is 32.0 Å². The van der Waals surface area contributed by atoms with E-state index in [1.165, 1.54) is 9.80 Å². The third-order valence-electron chi connectivity index (χ3n) is 4.94. The Bertz CT molecular complexity index is 731. The minimum Gasteiger partial charge on any atom is -0.466 e. The molecule has 0 bridgehead atoms. The molecule has 28 heavy (non-hydrogen) atoms. The summed E-state index contributed by atoms with van der Waals surface area (Å²) in [6, 6.07) is 7.01. The second-order valence-corrected chi connectivity index (χ2v) is 6.83. The molecule has 2 aliphatic heterocycles. The molecule has 3 rings (SSSR count). The molecule has 0 aromatic heterocycles. The minimum atomic E-state index is -0.488. The summed E-state index contributed by atoms with van der Waals surface area (Å²) < 4.78 is 10.0. The number of ether oxygens (including phenoxy) is 2. The van der Waals surface area contributed by atoms with Gasteiger partial charge in [-0.25, -0.2) is 0 Å². The lowest BCUT2D eigenvalue weighted by Gasteiger charge is -2.21. The molecule has 2 heterocycles. The van der Waals surface area contributed by atoms with Gasteiger partial charge in [0.1, 0.15) is 0 Å². The molecule has 150 valence electrons. The molecule has 0 unspecified atom stereocenters. The van der Waals surface area contributed by atoms with Crippen molar-refractivity contribution in [2.45, 2.75) is 26.7 Å². The summed E-state index contributed by atoms with van der Waals surface area (Å²) in [5.41, 5.74) is 1.23. The number of carbonyl (C=O) groups is 4. The molecular weight excluding hydrogens is 364 g/mol. The van der Waals surface area contributed by atoms with Crippen molar-refractivity contribution in [3.8, 4) is 0 Å². The summed E-state index contributed by atoms with van der Waals surface area (Å²) in [7, 11) is 0. The van der Waals surface area contributed by atoms with Crippen LogP contribution in [0.4, 0.5) is 11.4 Å². The summed E-state index contributed by atoms with van der Waals surface area (Å²) in [5, 5.41) is 0. The van der Waals surface area contributed by atoms with Crippen LogP contribution in [0.15, 0.2) is 24.3 Å². The Balaban J connectivity index is 1.74. The van der Waals surface area contributed by atoms with E-state index in [-0.39, 0.29) is 62.9 Å². The Morgan fingerprint density at radius 1 is 0.893 bits per heavy atom. The first-order valence-corrected chi connectivity index (χ1v) is 9.48. The normalized spacial score (nSPS) is 21.9. The number of amides is 2. The third kappa shape index (κ3) is 4.00. The number of anilines is 2. The molecule has 1 aromatic carbocycles. The number of rotatable bonds is 6. The number of hydrogen-bond acceptors (Lipinski definition) is 6. The Morgan fingerprint density at radius 2 is 1.32 bits per heavy atom. The van der Waals surface area contributed by atoms with E-state index < -0.39 is 11.8 Å². The van der Waals surface area contributed by atoms with Gasteiger partial charge in [0.2, 0.25) is 11.8 Å². The number of carbonyl (C=O) groups excluding carboxylic acids is 4. The topological polar surface area (TPSA) is 93.2 Å². The molecule has 2 saturated heterocycles. The molecule has 8 heteroatoms. The van der Waals surface area contributed by atoms with Gasteiger partial charge in [-0.15, -0.1) is 0 Å². The molecule has 0 radical (unpaired) electrons. The number of benzene rings is 1. The van der Waals surface area contributed by atoms with Crippen LogP contribution in [-0.2, 0) is 28.7 Å².